The highest BCUT2D eigenvalue weighted by Crippen LogP contribution is 2.32. The topological polar surface area (TPSA) is 73.9 Å². The second kappa shape index (κ2) is 6.59. The fourth-order valence-corrected chi connectivity index (χ4v) is 3.03. The first-order valence-corrected chi connectivity index (χ1v) is 8.40. The molecule has 26 heavy (non-hydrogen) atoms. The molecular formula is C19H18N2O5. The average Bonchev–Trinajstić information content (AvgIpc) is 3.23. The molecule has 0 saturated carbocycles. The Hall–Kier alpha value is -3.22. The summed E-state index contributed by atoms with van der Waals surface area (Å²) in [6.07, 6.45) is 0. The molecule has 4 rings (SSSR count). The van der Waals surface area contributed by atoms with Crippen LogP contribution in [0.2, 0.25) is 0 Å². The highest BCUT2D eigenvalue weighted by molar-refractivity contribution is 5.79. The minimum absolute atomic E-state index is 0.0613. The smallest absolute Gasteiger partial charge is 0.420 e. The van der Waals surface area contributed by atoms with Crippen molar-refractivity contribution in [3.05, 3.63) is 58.6 Å². The molecule has 0 saturated heterocycles. The fourth-order valence-electron chi connectivity index (χ4n) is 3.03. The summed E-state index contributed by atoms with van der Waals surface area (Å²) in [7, 11) is 0. The number of hydrogen-bond donors (Lipinski definition) is 0. The summed E-state index contributed by atoms with van der Waals surface area (Å²) in [5, 5.41) is 0. The van der Waals surface area contributed by atoms with Gasteiger partial charge in [-0.2, -0.15) is 0 Å². The Morgan fingerprint density at radius 1 is 1.15 bits per heavy atom. The Morgan fingerprint density at radius 2 is 1.96 bits per heavy atom. The van der Waals surface area contributed by atoms with Gasteiger partial charge in [-0.1, -0.05) is 18.2 Å². The fraction of sp³-hybridized carbons (Fsp3) is 0.263. The molecule has 0 unspecified atom stereocenters. The molecule has 7 nitrogen and oxygen atoms in total. The summed E-state index contributed by atoms with van der Waals surface area (Å²) in [5.74, 6) is 0.708. The van der Waals surface area contributed by atoms with Crippen molar-refractivity contribution in [2.24, 2.45) is 0 Å². The van der Waals surface area contributed by atoms with Crippen molar-refractivity contribution >= 4 is 17.0 Å². The van der Waals surface area contributed by atoms with Crippen LogP contribution < -0.4 is 15.2 Å². The second-order valence-electron chi connectivity index (χ2n) is 6.02. The molecule has 3 aromatic rings. The zero-order valence-corrected chi connectivity index (χ0v) is 14.3. The van der Waals surface area contributed by atoms with Gasteiger partial charge in [0, 0.05) is 13.1 Å². The molecule has 0 fully saturated rings. The highest BCUT2D eigenvalue weighted by Gasteiger charge is 2.19. The summed E-state index contributed by atoms with van der Waals surface area (Å²) in [6, 6.07) is 12.7. The van der Waals surface area contributed by atoms with Gasteiger partial charge < -0.3 is 18.8 Å². The molecule has 0 spiro atoms. The molecule has 1 amide bonds. The van der Waals surface area contributed by atoms with E-state index >= 15 is 0 Å². The number of ether oxygens (including phenoxy) is 2. The van der Waals surface area contributed by atoms with Crippen LogP contribution in [-0.2, 0) is 17.9 Å². The number of nitrogens with zero attached hydrogens (tertiary/aromatic N) is 2. The van der Waals surface area contributed by atoms with Crippen molar-refractivity contribution in [1.82, 2.24) is 9.47 Å². The third-order valence-corrected chi connectivity index (χ3v) is 4.41. The van der Waals surface area contributed by atoms with Gasteiger partial charge in [0.2, 0.25) is 12.7 Å². The Bertz CT molecular complexity index is 1020. The van der Waals surface area contributed by atoms with Gasteiger partial charge >= 0.3 is 5.76 Å². The number of rotatable bonds is 5. The highest BCUT2D eigenvalue weighted by atomic mass is 16.7. The Kier molecular flexibility index (Phi) is 4.12. The molecule has 0 radical (unpaired) electrons. The standard InChI is InChI=1S/C19H18N2O5/c1-2-20(10-13-7-8-16-17(9-13)25-12-24-16)18(22)11-21-14-5-3-4-6-15(14)26-19(21)23/h3-9H,2,10-12H2,1H3. The normalized spacial score (nSPS) is 12.5. The summed E-state index contributed by atoms with van der Waals surface area (Å²) < 4.78 is 17.2. The van der Waals surface area contributed by atoms with Crippen LogP contribution in [0.5, 0.6) is 11.5 Å². The van der Waals surface area contributed by atoms with E-state index in [-0.39, 0.29) is 19.2 Å². The lowest BCUT2D eigenvalue weighted by Crippen LogP contribution is -2.35. The van der Waals surface area contributed by atoms with E-state index in [9.17, 15) is 9.59 Å². The zero-order chi connectivity index (χ0) is 18.1. The maximum absolute atomic E-state index is 12.7. The Morgan fingerprint density at radius 3 is 2.81 bits per heavy atom. The number of carbonyl (C=O) groups excluding carboxylic acids is 1. The molecule has 2 aromatic carbocycles. The van der Waals surface area contributed by atoms with E-state index in [1.165, 1.54) is 4.57 Å². The van der Waals surface area contributed by atoms with Crippen molar-refractivity contribution in [3.8, 4) is 11.5 Å². The first-order chi connectivity index (χ1) is 12.7. The average molecular weight is 354 g/mol. The van der Waals surface area contributed by atoms with Gasteiger partial charge in [0.1, 0.15) is 6.54 Å². The molecule has 0 bridgehead atoms. The molecule has 0 aliphatic carbocycles. The molecule has 0 atom stereocenters. The van der Waals surface area contributed by atoms with Gasteiger partial charge in [-0.05, 0) is 36.8 Å². The third kappa shape index (κ3) is 2.92. The number of amides is 1. The van der Waals surface area contributed by atoms with Gasteiger partial charge in [-0.25, -0.2) is 4.79 Å². The minimum atomic E-state index is -0.529. The van der Waals surface area contributed by atoms with Gasteiger partial charge in [0.25, 0.3) is 0 Å². The lowest BCUT2D eigenvalue weighted by molar-refractivity contribution is -0.132. The van der Waals surface area contributed by atoms with Crippen LogP contribution in [0.1, 0.15) is 12.5 Å². The quantitative estimate of drug-likeness (QED) is 0.703. The van der Waals surface area contributed by atoms with E-state index < -0.39 is 5.76 Å². The number of benzene rings is 2. The van der Waals surface area contributed by atoms with Crippen molar-refractivity contribution in [3.63, 3.8) is 0 Å². The van der Waals surface area contributed by atoms with E-state index in [1.54, 1.807) is 23.1 Å². The number of likely N-dealkylation sites (N-methyl/N-ethyl adjacent to an activating group) is 1. The molecule has 0 N–H and O–H groups in total. The Balaban J connectivity index is 1.54. The predicted molar refractivity (Wildman–Crippen MR) is 94.1 cm³/mol. The number of fused-ring (bicyclic) bond motifs is 2. The molecule has 1 aromatic heterocycles. The Labute approximate surface area is 149 Å². The van der Waals surface area contributed by atoms with Crippen LogP contribution in [0.25, 0.3) is 11.1 Å². The van der Waals surface area contributed by atoms with Gasteiger partial charge in [-0.3, -0.25) is 9.36 Å². The summed E-state index contributed by atoms with van der Waals surface area (Å²) in [4.78, 5) is 26.5. The monoisotopic (exact) mass is 354 g/mol. The van der Waals surface area contributed by atoms with E-state index in [0.29, 0.717) is 35.7 Å². The number of hydrogen-bond acceptors (Lipinski definition) is 5. The molecular weight excluding hydrogens is 336 g/mol. The molecule has 2 heterocycles. The number of carbonyl (C=O) groups is 1. The largest absolute Gasteiger partial charge is 0.454 e. The SMILES string of the molecule is CCN(Cc1ccc2c(c1)OCO2)C(=O)Cn1c(=O)oc2ccccc21. The van der Waals surface area contributed by atoms with Crippen molar-refractivity contribution < 1.29 is 18.7 Å². The number of oxazole rings is 1. The van der Waals surface area contributed by atoms with Crippen LogP contribution in [0.4, 0.5) is 0 Å². The van der Waals surface area contributed by atoms with Gasteiger partial charge in [0.05, 0.1) is 5.52 Å². The van der Waals surface area contributed by atoms with Crippen LogP contribution in [0.3, 0.4) is 0 Å². The summed E-state index contributed by atoms with van der Waals surface area (Å²) in [5.41, 5.74) is 2.03. The first-order valence-electron chi connectivity index (χ1n) is 8.40. The van der Waals surface area contributed by atoms with E-state index in [1.807, 2.05) is 31.2 Å². The molecule has 7 heteroatoms. The molecule has 1 aliphatic heterocycles. The van der Waals surface area contributed by atoms with E-state index in [4.69, 9.17) is 13.9 Å². The first kappa shape index (κ1) is 16.3. The van der Waals surface area contributed by atoms with E-state index in [0.717, 1.165) is 5.56 Å². The third-order valence-electron chi connectivity index (χ3n) is 4.41. The number of aromatic nitrogens is 1. The molecule has 1 aliphatic rings. The van der Waals surface area contributed by atoms with Crippen molar-refractivity contribution in [1.29, 1.82) is 0 Å². The zero-order valence-electron chi connectivity index (χ0n) is 14.3. The van der Waals surface area contributed by atoms with Crippen LogP contribution in [0, 0.1) is 0 Å². The molecule has 134 valence electrons. The lowest BCUT2D eigenvalue weighted by atomic mass is 10.2. The van der Waals surface area contributed by atoms with Gasteiger partial charge in [0.15, 0.2) is 17.1 Å². The summed E-state index contributed by atoms with van der Waals surface area (Å²) in [6.45, 7) is 3.01. The minimum Gasteiger partial charge on any atom is -0.454 e. The summed E-state index contributed by atoms with van der Waals surface area (Å²) >= 11 is 0. The maximum Gasteiger partial charge on any atom is 0.420 e. The van der Waals surface area contributed by atoms with Crippen LogP contribution in [0.15, 0.2) is 51.7 Å². The number of para-hydroxylation sites is 2. The van der Waals surface area contributed by atoms with Crippen LogP contribution in [-0.4, -0.2) is 28.7 Å². The lowest BCUT2D eigenvalue weighted by Gasteiger charge is -2.21. The predicted octanol–water partition coefficient (Wildman–Crippen LogP) is 2.37. The van der Waals surface area contributed by atoms with E-state index in [2.05, 4.69) is 0 Å². The maximum atomic E-state index is 12.7. The van der Waals surface area contributed by atoms with Crippen molar-refractivity contribution in [2.75, 3.05) is 13.3 Å². The van der Waals surface area contributed by atoms with Crippen molar-refractivity contribution in [2.45, 2.75) is 20.0 Å². The van der Waals surface area contributed by atoms with Gasteiger partial charge in [-0.15, -0.1) is 0 Å². The second-order valence-corrected chi connectivity index (χ2v) is 6.02. The van der Waals surface area contributed by atoms with Crippen LogP contribution >= 0.6 is 0 Å².